The van der Waals surface area contributed by atoms with Gasteiger partial charge in [0.2, 0.25) is 0 Å². The lowest BCUT2D eigenvalue weighted by atomic mass is 9.81. The van der Waals surface area contributed by atoms with Gasteiger partial charge in [-0.2, -0.15) is 0 Å². The van der Waals surface area contributed by atoms with Gasteiger partial charge in [-0.15, -0.1) is 0 Å². The van der Waals surface area contributed by atoms with E-state index in [1.54, 1.807) is 0 Å². The Bertz CT molecular complexity index is 724. The van der Waals surface area contributed by atoms with Crippen LogP contribution in [0, 0.1) is 0 Å². The first kappa shape index (κ1) is 30.6. The molecule has 0 aliphatic heterocycles. The molecule has 0 heterocycles. The summed E-state index contributed by atoms with van der Waals surface area (Å²) < 4.78 is 0. The molecule has 2 aromatic carbocycles. The molecule has 0 bridgehead atoms. The molecule has 2 rings (SSSR count). The summed E-state index contributed by atoms with van der Waals surface area (Å²) in [6.45, 7) is 14.7. The summed E-state index contributed by atoms with van der Waals surface area (Å²) in [5, 5.41) is 0. The average Bonchev–Trinajstić information content (AvgIpc) is 2.87. The normalized spacial score (nSPS) is 12.6. The Hall–Kier alpha value is -1.60. The van der Waals surface area contributed by atoms with Crippen molar-refractivity contribution in [2.24, 2.45) is 0 Å². The number of hydrogen-bond acceptors (Lipinski definition) is 1. The molecule has 0 saturated heterocycles. The Morgan fingerprint density at radius 3 is 1.19 bits per heavy atom. The topological polar surface area (TPSA) is 3.24 Å². The maximum atomic E-state index is 2.91. The molecular weight excluding hydrogens is 434 g/mol. The molecule has 0 saturated carbocycles. The maximum Gasteiger partial charge on any atom is 0.0611 e. The molecule has 0 amide bonds. The van der Waals surface area contributed by atoms with E-state index in [1.165, 1.54) is 101 Å². The van der Waals surface area contributed by atoms with Crippen LogP contribution in [0.5, 0.6) is 0 Å². The van der Waals surface area contributed by atoms with Crippen LogP contribution >= 0.6 is 0 Å². The van der Waals surface area contributed by atoms with Crippen LogP contribution in [-0.4, -0.2) is 16.0 Å². The van der Waals surface area contributed by atoms with Gasteiger partial charge in [0.1, 0.15) is 0 Å². The van der Waals surface area contributed by atoms with E-state index in [1.807, 2.05) is 0 Å². The van der Waals surface area contributed by atoms with Gasteiger partial charge in [-0.05, 0) is 51.7 Å². The maximum absolute atomic E-state index is 2.91. The molecule has 0 N–H and O–H groups in total. The summed E-state index contributed by atoms with van der Waals surface area (Å²) in [6.07, 6.45) is 18.8. The molecule has 2 aromatic rings. The third-order valence-corrected chi connectivity index (χ3v) is 8.08. The summed E-state index contributed by atoms with van der Waals surface area (Å²) >= 11 is 0. The van der Waals surface area contributed by atoms with Gasteiger partial charge in [-0.1, -0.05) is 152 Å². The van der Waals surface area contributed by atoms with E-state index in [0.29, 0.717) is 0 Å². The van der Waals surface area contributed by atoms with E-state index in [2.05, 4.69) is 107 Å². The van der Waals surface area contributed by atoms with Crippen LogP contribution in [0.4, 0.5) is 0 Å². The molecule has 202 valence electrons. The molecule has 0 spiro atoms. The lowest BCUT2D eigenvalue weighted by Crippen LogP contribution is -2.57. The minimum atomic E-state index is 0.104. The van der Waals surface area contributed by atoms with E-state index in [0.717, 1.165) is 0 Å². The highest BCUT2D eigenvalue weighted by Gasteiger charge is 2.42. The van der Waals surface area contributed by atoms with Gasteiger partial charge in [0.05, 0.1) is 6.04 Å². The highest BCUT2D eigenvalue weighted by atomic mass is 15.3. The molecule has 1 heteroatoms. The van der Waals surface area contributed by atoms with Crippen LogP contribution in [-0.2, 0) is 0 Å². The Kier molecular flexibility index (Phi) is 13.9. The number of unbranched alkanes of at least 4 members (excludes halogenated alkanes) is 10. The van der Waals surface area contributed by atoms with Crippen molar-refractivity contribution in [1.29, 1.82) is 0 Å². The zero-order chi connectivity index (χ0) is 26.3. The predicted molar refractivity (Wildman–Crippen MR) is 161 cm³/mol. The van der Waals surface area contributed by atoms with E-state index in [9.17, 15) is 0 Å². The van der Waals surface area contributed by atoms with Crippen LogP contribution in [0.2, 0.25) is 0 Å². The predicted octanol–water partition coefficient (Wildman–Crippen LogP) is 11.1. The molecule has 1 nitrogen and oxygen atoms in total. The molecule has 0 radical (unpaired) electrons. The van der Waals surface area contributed by atoms with Gasteiger partial charge < -0.3 is 0 Å². The first-order valence-corrected chi connectivity index (χ1v) is 15.2. The van der Waals surface area contributed by atoms with Gasteiger partial charge >= 0.3 is 0 Å². The molecule has 0 atom stereocenters. The van der Waals surface area contributed by atoms with Gasteiger partial charge in [0.15, 0.2) is 0 Å². The van der Waals surface area contributed by atoms with Crippen molar-refractivity contribution < 1.29 is 0 Å². The molecular formula is C35H57N. The van der Waals surface area contributed by atoms with Gasteiger partial charge in [0, 0.05) is 11.1 Å². The second-order valence-corrected chi connectivity index (χ2v) is 12.3. The quantitative estimate of drug-likeness (QED) is 0.177. The largest absolute Gasteiger partial charge is 0.282 e. The highest BCUT2D eigenvalue weighted by Crippen LogP contribution is 2.43. The van der Waals surface area contributed by atoms with E-state index >= 15 is 0 Å². The highest BCUT2D eigenvalue weighted by molar-refractivity contribution is 5.33. The van der Waals surface area contributed by atoms with Crippen molar-refractivity contribution in [3.63, 3.8) is 0 Å². The first-order chi connectivity index (χ1) is 17.3. The van der Waals surface area contributed by atoms with Crippen molar-refractivity contribution in [3.05, 3.63) is 71.8 Å². The lowest BCUT2D eigenvalue weighted by Gasteiger charge is -2.53. The minimum absolute atomic E-state index is 0.104. The number of hydrogen-bond donors (Lipinski definition) is 0. The molecule has 0 aromatic heterocycles. The Morgan fingerprint density at radius 1 is 0.500 bits per heavy atom. The number of rotatable bonds is 19. The molecule has 0 aliphatic rings. The van der Waals surface area contributed by atoms with Crippen molar-refractivity contribution in [3.8, 4) is 0 Å². The fourth-order valence-electron chi connectivity index (χ4n) is 6.20. The second kappa shape index (κ2) is 16.3. The van der Waals surface area contributed by atoms with Gasteiger partial charge in [0.25, 0.3) is 0 Å². The fraction of sp³-hybridized carbons (Fsp3) is 0.657. The zero-order valence-electron chi connectivity index (χ0n) is 24.7. The standard InChI is InChI=1S/C35H57N/c1-7-9-11-13-15-23-29-34(3,4)36(35(5,6)30-24-16-14-12-10-8-2)33(31-25-19-17-20-26-31)32-27-21-18-22-28-32/h17-22,25-28,33H,7-16,23-24,29-30H2,1-6H3. The second-order valence-electron chi connectivity index (χ2n) is 12.3. The summed E-state index contributed by atoms with van der Waals surface area (Å²) in [4.78, 5) is 2.91. The van der Waals surface area contributed by atoms with Gasteiger partial charge in [-0.3, -0.25) is 4.90 Å². The summed E-state index contributed by atoms with van der Waals surface area (Å²) in [5.74, 6) is 0. The van der Waals surface area contributed by atoms with E-state index in [4.69, 9.17) is 0 Å². The van der Waals surface area contributed by atoms with Crippen LogP contribution in [0.25, 0.3) is 0 Å². The number of nitrogens with zero attached hydrogens (tertiary/aromatic N) is 1. The molecule has 0 unspecified atom stereocenters. The SMILES string of the molecule is CCCCCCCCC(C)(C)N(C(c1ccccc1)c1ccccc1)C(C)(C)CCCCCCCC. The van der Waals surface area contributed by atoms with E-state index in [-0.39, 0.29) is 17.1 Å². The smallest absolute Gasteiger partial charge is 0.0611 e. The Labute approximate surface area is 225 Å². The van der Waals surface area contributed by atoms with Crippen molar-refractivity contribution >= 4 is 0 Å². The average molecular weight is 492 g/mol. The Balaban J connectivity index is 2.32. The third-order valence-electron chi connectivity index (χ3n) is 8.08. The third kappa shape index (κ3) is 10.0. The number of benzene rings is 2. The van der Waals surface area contributed by atoms with Crippen LogP contribution in [0.3, 0.4) is 0 Å². The van der Waals surface area contributed by atoms with Gasteiger partial charge in [-0.25, -0.2) is 0 Å². The van der Waals surface area contributed by atoms with Crippen molar-refractivity contribution in [2.45, 2.75) is 149 Å². The zero-order valence-corrected chi connectivity index (χ0v) is 24.7. The van der Waals surface area contributed by atoms with Crippen LogP contribution in [0.1, 0.15) is 149 Å². The Morgan fingerprint density at radius 2 is 0.833 bits per heavy atom. The summed E-state index contributed by atoms with van der Waals surface area (Å²) in [5.41, 5.74) is 3.03. The van der Waals surface area contributed by atoms with Crippen LogP contribution < -0.4 is 0 Å². The first-order valence-electron chi connectivity index (χ1n) is 15.2. The van der Waals surface area contributed by atoms with Crippen LogP contribution in [0.15, 0.2) is 60.7 Å². The molecule has 36 heavy (non-hydrogen) atoms. The minimum Gasteiger partial charge on any atom is -0.282 e. The summed E-state index contributed by atoms with van der Waals surface area (Å²) in [7, 11) is 0. The molecule has 0 aliphatic carbocycles. The monoisotopic (exact) mass is 491 g/mol. The molecule has 0 fully saturated rings. The van der Waals surface area contributed by atoms with E-state index < -0.39 is 0 Å². The lowest BCUT2D eigenvalue weighted by molar-refractivity contribution is -0.0241. The summed E-state index contributed by atoms with van der Waals surface area (Å²) in [6, 6.07) is 22.8. The van der Waals surface area contributed by atoms with Crippen molar-refractivity contribution in [2.75, 3.05) is 0 Å². The fourth-order valence-corrected chi connectivity index (χ4v) is 6.20. The van der Waals surface area contributed by atoms with Crippen molar-refractivity contribution in [1.82, 2.24) is 4.90 Å².